The third-order valence-electron chi connectivity index (χ3n) is 10.6. The third-order valence-corrected chi connectivity index (χ3v) is 10.6. The van der Waals surface area contributed by atoms with E-state index in [-0.39, 0.29) is 0 Å². The Morgan fingerprint density at radius 3 is 1.47 bits per heavy atom. The number of benzene rings is 7. The van der Waals surface area contributed by atoms with Crippen LogP contribution in [0.15, 0.2) is 151 Å². The zero-order chi connectivity index (χ0) is 33.6. The summed E-state index contributed by atoms with van der Waals surface area (Å²) in [6, 6.07) is 45.6. The molecule has 7 aromatic rings. The molecule has 1 aliphatic carbocycles. The molecular formula is C49H42. The number of hydrogen-bond donors (Lipinski definition) is 0. The minimum Gasteiger partial charge on any atom is -0.0769 e. The van der Waals surface area contributed by atoms with Gasteiger partial charge in [0.05, 0.1) is 0 Å². The maximum Gasteiger partial charge on any atom is -0.00201 e. The maximum atomic E-state index is 2.38. The monoisotopic (exact) mass is 630 g/mol. The van der Waals surface area contributed by atoms with Gasteiger partial charge in [-0.05, 0) is 134 Å². The van der Waals surface area contributed by atoms with E-state index in [0.717, 1.165) is 12.8 Å². The number of rotatable bonds is 5. The van der Waals surface area contributed by atoms with Crippen LogP contribution in [-0.4, -0.2) is 0 Å². The molecule has 1 aliphatic rings. The average Bonchev–Trinajstić information content (AvgIpc) is 3.31. The van der Waals surface area contributed by atoms with Crippen molar-refractivity contribution in [3.8, 4) is 33.4 Å². The minimum absolute atomic E-state index is 1.04. The lowest BCUT2D eigenvalue weighted by Gasteiger charge is -2.20. The molecule has 0 aliphatic heterocycles. The lowest BCUT2D eigenvalue weighted by atomic mass is 9.83. The van der Waals surface area contributed by atoms with Crippen LogP contribution in [0.2, 0.25) is 0 Å². The van der Waals surface area contributed by atoms with E-state index >= 15 is 0 Å². The first kappa shape index (κ1) is 30.8. The highest BCUT2D eigenvalue weighted by Crippen LogP contribution is 2.47. The molecule has 0 N–H and O–H groups in total. The van der Waals surface area contributed by atoms with Crippen molar-refractivity contribution >= 4 is 37.9 Å². The molecule has 0 heteroatoms. The number of aryl methyl sites for hydroxylation is 3. The Hall–Kier alpha value is -5.46. The van der Waals surface area contributed by atoms with E-state index < -0.39 is 0 Å². The van der Waals surface area contributed by atoms with Crippen molar-refractivity contribution in [3.05, 3.63) is 173 Å². The zero-order valence-electron chi connectivity index (χ0n) is 29.2. The SMILES string of the molecule is CCC1=CC=C(c2ccc(-c3c4ccccc4c(-c4ccc(-c5c(C)cc(C)cc5C)c5ccccc45)c4ccccc34)cc2)C(C)=CC1. The summed E-state index contributed by atoms with van der Waals surface area (Å²) in [6.45, 7) is 11.2. The second-order valence-electron chi connectivity index (χ2n) is 13.7. The van der Waals surface area contributed by atoms with E-state index in [1.165, 1.54) is 105 Å². The Morgan fingerprint density at radius 2 is 0.939 bits per heavy atom. The summed E-state index contributed by atoms with van der Waals surface area (Å²) in [5.41, 5.74) is 17.1. The molecule has 0 atom stereocenters. The second-order valence-corrected chi connectivity index (χ2v) is 13.7. The quantitative estimate of drug-likeness (QED) is 0.166. The van der Waals surface area contributed by atoms with Crippen molar-refractivity contribution in [2.24, 2.45) is 0 Å². The Bertz CT molecular complexity index is 2430. The lowest BCUT2D eigenvalue weighted by molar-refractivity contribution is 1.03. The Labute approximate surface area is 290 Å². The van der Waals surface area contributed by atoms with Crippen LogP contribution in [0.5, 0.6) is 0 Å². The zero-order valence-corrected chi connectivity index (χ0v) is 29.2. The molecule has 0 saturated carbocycles. The lowest BCUT2D eigenvalue weighted by Crippen LogP contribution is -1.94. The fourth-order valence-corrected chi connectivity index (χ4v) is 8.27. The van der Waals surface area contributed by atoms with Crippen molar-refractivity contribution in [1.29, 1.82) is 0 Å². The van der Waals surface area contributed by atoms with Crippen molar-refractivity contribution < 1.29 is 0 Å². The van der Waals surface area contributed by atoms with Gasteiger partial charge in [-0.3, -0.25) is 0 Å². The fraction of sp³-hybridized carbons (Fsp3) is 0.143. The van der Waals surface area contributed by atoms with Crippen LogP contribution in [0.3, 0.4) is 0 Å². The fourth-order valence-electron chi connectivity index (χ4n) is 8.27. The summed E-state index contributed by atoms with van der Waals surface area (Å²) in [4.78, 5) is 0. The van der Waals surface area contributed by atoms with Gasteiger partial charge in [0.15, 0.2) is 0 Å². The molecular weight excluding hydrogens is 589 g/mol. The summed E-state index contributed by atoms with van der Waals surface area (Å²) in [5.74, 6) is 0. The van der Waals surface area contributed by atoms with Gasteiger partial charge in [-0.15, -0.1) is 0 Å². The first-order valence-electron chi connectivity index (χ1n) is 17.6. The van der Waals surface area contributed by atoms with E-state index in [4.69, 9.17) is 0 Å². The molecule has 0 radical (unpaired) electrons. The largest absolute Gasteiger partial charge is 0.0769 e. The predicted molar refractivity (Wildman–Crippen MR) is 214 cm³/mol. The van der Waals surface area contributed by atoms with Crippen LogP contribution < -0.4 is 0 Å². The summed E-state index contributed by atoms with van der Waals surface area (Å²) in [7, 11) is 0. The van der Waals surface area contributed by atoms with Crippen LogP contribution in [0.1, 0.15) is 48.9 Å². The van der Waals surface area contributed by atoms with Gasteiger partial charge < -0.3 is 0 Å². The topological polar surface area (TPSA) is 0 Å². The van der Waals surface area contributed by atoms with Crippen LogP contribution in [0.25, 0.3) is 71.3 Å². The second kappa shape index (κ2) is 12.5. The third kappa shape index (κ3) is 5.33. The van der Waals surface area contributed by atoms with Crippen molar-refractivity contribution in [1.82, 2.24) is 0 Å². The average molecular weight is 631 g/mol. The van der Waals surface area contributed by atoms with Crippen LogP contribution >= 0.6 is 0 Å². The molecule has 0 amide bonds. The minimum atomic E-state index is 1.04. The molecule has 0 bridgehead atoms. The van der Waals surface area contributed by atoms with Gasteiger partial charge >= 0.3 is 0 Å². The normalized spacial score (nSPS) is 13.4. The Balaban J connectivity index is 1.35. The van der Waals surface area contributed by atoms with Crippen molar-refractivity contribution in [3.63, 3.8) is 0 Å². The van der Waals surface area contributed by atoms with Gasteiger partial charge in [-0.1, -0.05) is 158 Å². The molecule has 238 valence electrons. The first-order chi connectivity index (χ1) is 23.9. The molecule has 0 spiro atoms. The van der Waals surface area contributed by atoms with E-state index in [1.807, 2.05) is 0 Å². The molecule has 8 rings (SSSR count). The standard InChI is InChI=1S/C49H42/c1-6-35-20-19-32(3)38(26-21-35)36-22-24-37(25-23-36)48-41-15-9-11-17-43(41)49(44-18-12-10-16-42(44)48)46-28-27-45(39-13-7-8-14-40(39)46)47-33(4)29-31(2)30-34(47)5/h7-19,21-30H,6,20H2,1-5H3. The first-order valence-corrected chi connectivity index (χ1v) is 17.6. The molecule has 0 fully saturated rings. The molecule has 7 aromatic carbocycles. The van der Waals surface area contributed by atoms with Gasteiger partial charge in [0.25, 0.3) is 0 Å². The van der Waals surface area contributed by atoms with E-state index in [0.29, 0.717) is 0 Å². The van der Waals surface area contributed by atoms with Gasteiger partial charge in [-0.25, -0.2) is 0 Å². The van der Waals surface area contributed by atoms with Gasteiger partial charge in [0.1, 0.15) is 0 Å². The number of fused-ring (bicyclic) bond motifs is 3. The molecule has 0 saturated heterocycles. The number of allylic oxidation sites excluding steroid dienone is 6. The highest BCUT2D eigenvalue weighted by atomic mass is 14.2. The maximum absolute atomic E-state index is 2.38. The van der Waals surface area contributed by atoms with E-state index in [1.54, 1.807) is 0 Å². The van der Waals surface area contributed by atoms with Gasteiger partial charge in [0.2, 0.25) is 0 Å². The smallest absolute Gasteiger partial charge is 0.00201 e. The van der Waals surface area contributed by atoms with Crippen LogP contribution in [-0.2, 0) is 0 Å². The van der Waals surface area contributed by atoms with Crippen molar-refractivity contribution in [2.75, 3.05) is 0 Å². The van der Waals surface area contributed by atoms with Gasteiger partial charge in [-0.2, -0.15) is 0 Å². The number of hydrogen-bond acceptors (Lipinski definition) is 0. The van der Waals surface area contributed by atoms with Crippen LogP contribution in [0.4, 0.5) is 0 Å². The Morgan fingerprint density at radius 1 is 0.469 bits per heavy atom. The molecule has 0 aromatic heterocycles. The van der Waals surface area contributed by atoms with E-state index in [9.17, 15) is 0 Å². The van der Waals surface area contributed by atoms with Crippen molar-refractivity contribution in [2.45, 2.75) is 47.5 Å². The van der Waals surface area contributed by atoms with Crippen LogP contribution in [0, 0.1) is 20.8 Å². The highest BCUT2D eigenvalue weighted by molar-refractivity contribution is 6.24. The summed E-state index contributed by atoms with van der Waals surface area (Å²) in [6.07, 6.45) is 9.13. The summed E-state index contributed by atoms with van der Waals surface area (Å²) in [5, 5.41) is 7.70. The molecule has 0 heterocycles. The summed E-state index contributed by atoms with van der Waals surface area (Å²) < 4.78 is 0. The van der Waals surface area contributed by atoms with E-state index in [2.05, 4.69) is 174 Å². The van der Waals surface area contributed by atoms with Gasteiger partial charge in [0, 0.05) is 0 Å². The predicted octanol–water partition coefficient (Wildman–Crippen LogP) is 14.1. The highest BCUT2D eigenvalue weighted by Gasteiger charge is 2.20. The Kier molecular flexibility index (Phi) is 7.89. The summed E-state index contributed by atoms with van der Waals surface area (Å²) >= 11 is 0. The molecule has 0 nitrogen and oxygen atoms in total. The molecule has 0 unspecified atom stereocenters. The molecule has 49 heavy (non-hydrogen) atoms.